The van der Waals surface area contributed by atoms with Crippen molar-refractivity contribution in [2.24, 2.45) is 0 Å². The molecule has 3 aromatic rings. The highest BCUT2D eigenvalue weighted by atomic mass is 16.5. The molecule has 0 saturated heterocycles. The summed E-state index contributed by atoms with van der Waals surface area (Å²) in [5, 5.41) is 2.93. The van der Waals surface area contributed by atoms with Gasteiger partial charge in [0.15, 0.2) is 0 Å². The Balaban J connectivity index is 1.53. The van der Waals surface area contributed by atoms with Crippen molar-refractivity contribution >= 4 is 11.6 Å². The lowest BCUT2D eigenvalue weighted by Crippen LogP contribution is -2.12. The highest BCUT2D eigenvalue weighted by molar-refractivity contribution is 5.91. The minimum absolute atomic E-state index is 0.000882. The van der Waals surface area contributed by atoms with Gasteiger partial charge in [0.25, 0.3) is 0 Å². The number of imidazole rings is 1. The molecule has 0 fully saturated rings. The molecule has 5 heteroatoms. The van der Waals surface area contributed by atoms with E-state index in [0.29, 0.717) is 12.8 Å². The van der Waals surface area contributed by atoms with Crippen molar-refractivity contribution < 1.29 is 9.53 Å². The van der Waals surface area contributed by atoms with Gasteiger partial charge in [-0.15, -0.1) is 0 Å². The first-order chi connectivity index (χ1) is 12.1. The summed E-state index contributed by atoms with van der Waals surface area (Å²) >= 11 is 0. The molecule has 0 bridgehead atoms. The third-order valence-corrected chi connectivity index (χ3v) is 3.98. The summed E-state index contributed by atoms with van der Waals surface area (Å²) in [6, 6.07) is 15.5. The molecule has 1 aromatic heterocycles. The number of ether oxygens (including phenoxy) is 1. The van der Waals surface area contributed by atoms with Gasteiger partial charge in [-0.25, -0.2) is 4.98 Å². The molecule has 25 heavy (non-hydrogen) atoms. The van der Waals surface area contributed by atoms with Gasteiger partial charge in [-0.3, -0.25) is 4.79 Å². The molecule has 3 rings (SSSR count). The Morgan fingerprint density at radius 1 is 1.12 bits per heavy atom. The second-order valence-electron chi connectivity index (χ2n) is 5.86. The molecule has 0 unspecified atom stereocenters. The smallest absolute Gasteiger partial charge is 0.224 e. The second kappa shape index (κ2) is 7.66. The SMILES string of the molecule is COc1ccc(CCC(=O)Nc2ccc(-c3cnc(C)[nH]3)cc2)cc1. The van der Waals surface area contributed by atoms with Gasteiger partial charge >= 0.3 is 0 Å². The van der Waals surface area contributed by atoms with Crippen LogP contribution >= 0.6 is 0 Å². The lowest BCUT2D eigenvalue weighted by atomic mass is 10.1. The Morgan fingerprint density at radius 3 is 2.44 bits per heavy atom. The predicted molar refractivity (Wildman–Crippen MR) is 98.7 cm³/mol. The van der Waals surface area contributed by atoms with E-state index in [4.69, 9.17) is 4.74 Å². The summed E-state index contributed by atoms with van der Waals surface area (Å²) in [5.41, 5.74) is 3.91. The van der Waals surface area contributed by atoms with Crippen LogP contribution in [0.15, 0.2) is 54.7 Å². The Morgan fingerprint density at radius 2 is 1.84 bits per heavy atom. The van der Waals surface area contributed by atoms with Gasteiger partial charge in [-0.2, -0.15) is 0 Å². The number of carbonyl (C=O) groups is 1. The average molecular weight is 335 g/mol. The van der Waals surface area contributed by atoms with Gasteiger partial charge in [0.1, 0.15) is 11.6 Å². The molecule has 2 aromatic carbocycles. The van der Waals surface area contributed by atoms with Crippen molar-refractivity contribution in [3.05, 3.63) is 66.1 Å². The largest absolute Gasteiger partial charge is 0.497 e. The molecule has 0 aliphatic rings. The number of benzene rings is 2. The number of methoxy groups -OCH3 is 1. The zero-order chi connectivity index (χ0) is 17.6. The molecule has 0 spiro atoms. The minimum Gasteiger partial charge on any atom is -0.497 e. The Bertz CT molecular complexity index is 836. The fourth-order valence-electron chi connectivity index (χ4n) is 2.57. The third kappa shape index (κ3) is 4.47. The first-order valence-corrected chi connectivity index (χ1v) is 8.19. The van der Waals surface area contributed by atoms with E-state index in [-0.39, 0.29) is 5.91 Å². The number of hydrogen-bond donors (Lipinski definition) is 2. The first kappa shape index (κ1) is 16.8. The van der Waals surface area contributed by atoms with E-state index in [1.807, 2.05) is 55.5 Å². The monoisotopic (exact) mass is 335 g/mol. The Labute approximate surface area is 147 Å². The number of nitrogens with zero attached hydrogens (tertiary/aromatic N) is 1. The van der Waals surface area contributed by atoms with Crippen molar-refractivity contribution in [3.63, 3.8) is 0 Å². The standard InChI is InChI=1S/C20H21N3O2/c1-14-21-13-19(22-14)16-6-8-17(9-7-16)23-20(24)12-5-15-3-10-18(25-2)11-4-15/h3-4,6-11,13H,5,12H2,1-2H3,(H,21,22)(H,23,24). The summed E-state index contributed by atoms with van der Waals surface area (Å²) in [5.74, 6) is 1.70. The summed E-state index contributed by atoms with van der Waals surface area (Å²) < 4.78 is 5.13. The fourth-order valence-corrected chi connectivity index (χ4v) is 2.57. The number of carbonyl (C=O) groups excluding carboxylic acids is 1. The second-order valence-corrected chi connectivity index (χ2v) is 5.86. The van der Waals surface area contributed by atoms with Crippen LogP contribution in [0.1, 0.15) is 17.8 Å². The quantitative estimate of drug-likeness (QED) is 0.716. The minimum atomic E-state index is 0.000882. The maximum Gasteiger partial charge on any atom is 0.224 e. The van der Waals surface area contributed by atoms with Gasteiger partial charge in [-0.1, -0.05) is 24.3 Å². The third-order valence-electron chi connectivity index (χ3n) is 3.98. The van der Waals surface area contributed by atoms with Crippen LogP contribution in [0.3, 0.4) is 0 Å². The molecule has 0 radical (unpaired) electrons. The van der Waals surface area contributed by atoms with Crippen LogP contribution in [0.2, 0.25) is 0 Å². The lowest BCUT2D eigenvalue weighted by molar-refractivity contribution is -0.116. The zero-order valence-electron chi connectivity index (χ0n) is 14.4. The number of aromatic amines is 1. The highest BCUT2D eigenvalue weighted by Crippen LogP contribution is 2.20. The highest BCUT2D eigenvalue weighted by Gasteiger charge is 2.05. The number of nitrogens with one attached hydrogen (secondary N) is 2. The summed E-state index contributed by atoms with van der Waals surface area (Å²) in [6.07, 6.45) is 2.94. The normalized spacial score (nSPS) is 10.5. The number of rotatable bonds is 6. The Kier molecular flexibility index (Phi) is 5.14. The molecule has 2 N–H and O–H groups in total. The number of aromatic nitrogens is 2. The van der Waals surface area contributed by atoms with Crippen molar-refractivity contribution in [2.75, 3.05) is 12.4 Å². The van der Waals surface area contributed by atoms with Crippen molar-refractivity contribution in [2.45, 2.75) is 19.8 Å². The van der Waals surface area contributed by atoms with Gasteiger partial charge in [0, 0.05) is 12.1 Å². The van der Waals surface area contributed by atoms with Crippen molar-refractivity contribution in [1.29, 1.82) is 0 Å². The predicted octanol–water partition coefficient (Wildman–Crippen LogP) is 3.97. The molecule has 0 aliphatic heterocycles. The number of aryl methyl sites for hydroxylation is 2. The van der Waals surface area contributed by atoms with Gasteiger partial charge in [0.2, 0.25) is 5.91 Å². The van der Waals surface area contributed by atoms with Crippen LogP contribution in [0.4, 0.5) is 5.69 Å². The van der Waals surface area contributed by atoms with E-state index in [1.54, 1.807) is 13.3 Å². The number of amides is 1. The maximum atomic E-state index is 12.1. The zero-order valence-corrected chi connectivity index (χ0v) is 14.4. The van der Waals surface area contributed by atoms with Gasteiger partial charge in [0.05, 0.1) is 19.0 Å². The fraction of sp³-hybridized carbons (Fsp3) is 0.200. The molecule has 5 nitrogen and oxygen atoms in total. The van der Waals surface area contributed by atoms with E-state index in [0.717, 1.165) is 34.1 Å². The van der Waals surface area contributed by atoms with Crippen molar-refractivity contribution in [1.82, 2.24) is 9.97 Å². The van der Waals surface area contributed by atoms with Crippen molar-refractivity contribution in [3.8, 4) is 17.0 Å². The first-order valence-electron chi connectivity index (χ1n) is 8.19. The maximum absolute atomic E-state index is 12.1. The molecule has 1 amide bonds. The van der Waals surface area contributed by atoms with Crippen LogP contribution in [0, 0.1) is 6.92 Å². The van der Waals surface area contributed by atoms with Crippen LogP contribution < -0.4 is 10.1 Å². The number of hydrogen-bond acceptors (Lipinski definition) is 3. The Hall–Kier alpha value is -3.08. The van der Waals surface area contributed by atoms with Crippen LogP contribution in [-0.2, 0) is 11.2 Å². The molecule has 0 saturated carbocycles. The molecule has 128 valence electrons. The number of anilines is 1. The molecular formula is C20H21N3O2. The van der Waals surface area contributed by atoms with Crippen LogP contribution in [-0.4, -0.2) is 23.0 Å². The van der Waals surface area contributed by atoms with Gasteiger partial charge in [-0.05, 0) is 48.7 Å². The van der Waals surface area contributed by atoms with Gasteiger partial charge < -0.3 is 15.0 Å². The van der Waals surface area contributed by atoms with E-state index in [2.05, 4.69) is 15.3 Å². The average Bonchev–Trinajstić information content (AvgIpc) is 3.07. The topological polar surface area (TPSA) is 67.0 Å². The molecule has 0 aliphatic carbocycles. The van der Waals surface area contributed by atoms with E-state index < -0.39 is 0 Å². The molecule has 1 heterocycles. The molecule has 0 atom stereocenters. The molecular weight excluding hydrogens is 314 g/mol. The van der Waals surface area contributed by atoms with E-state index >= 15 is 0 Å². The summed E-state index contributed by atoms with van der Waals surface area (Å²) in [6.45, 7) is 1.92. The van der Waals surface area contributed by atoms with Crippen LogP contribution in [0.25, 0.3) is 11.3 Å². The number of H-pyrrole nitrogens is 1. The summed E-state index contributed by atoms with van der Waals surface area (Å²) in [4.78, 5) is 19.5. The lowest BCUT2D eigenvalue weighted by Gasteiger charge is -2.07. The van der Waals surface area contributed by atoms with Crippen LogP contribution in [0.5, 0.6) is 5.75 Å². The van der Waals surface area contributed by atoms with E-state index in [1.165, 1.54) is 0 Å². The summed E-state index contributed by atoms with van der Waals surface area (Å²) in [7, 11) is 1.64. The van der Waals surface area contributed by atoms with E-state index in [9.17, 15) is 4.79 Å².